The van der Waals surface area contributed by atoms with Crippen LogP contribution < -0.4 is 0 Å². The number of hydrogen-bond acceptors (Lipinski definition) is 0. The van der Waals surface area contributed by atoms with Crippen molar-refractivity contribution in [2.24, 2.45) is 5.41 Å². The van der Waals surface area contributed by atoms with Crippen molar-refractivity contribution in [3.63, 3.8) is 0 Å². The molecule has 0 heterocycles. The Balaban J connectivity index is 0. The number of rotatable bonds is 9. The lowest BCUT2D eigenvalue weighted by Crippen LogP contribution is -2.06. The van der Waals surface area contributed by atoms with E-state index >= 15 is 0 Å². The molecule has 0 atom stereocenters. The molecule has 3 rings (SSSR count). The van der Waals surface area contributed by atoms with Gasteiger partial charge in [-0.1, -0.05) is 155 Å². The van der Waals surface area contributed by atoms with Crippen LogP contribution in [0.5, 0.6) is 0 Å². The molecule has 3 aromatic carbocycles. The molecule has 0 radical (unpaired) electrons. The first-order valence-electron chi connectivity index (χ1n) is 15.2. The molecular weight excluding hydrogens is 444 g/mol. The number of benzene rings is 3. The SMILES string of the molecule is CC.CC.CC.CC.CC(C)(C)CCCc1ccc(CCc2ccccc2)cc1CCc1ccccc1. The van der Waals surface area contributed by atoms with Crippen molar-refractivity contribution in [3.8, 4) is 0 Å². The van der Waals surface area contributed by atoms with E-state index in [-0.39, 0.29) is 0 Å². The minimum absolute atomic E-state index is 0.416. The molecule has 0 spiro atoms. The Labute approximate surface area is 233 Å². The summed E-state index contributed by atoms with van der Waals surface area (Å²) >= 11 is 0. The minimum Gasteiger partial charge on any atom is -0.0683 e. The van der Waals surface area contributed by atoms with Gasteiger partial charge in [0.25, 0.3) is 0 Å². The summed E-state index contributed by atoms with van der Waals surface area (Å²) < 4.78 is 0. The Morgan fingerprint density at radius 3 is 1.32 bits per heavy atom. The summed E-state index contributed by atoms with van der Waals surface area (Å²) in [6, 6.07) is 29.0. The molecular formula is C37H60. The van der Waals surface area contributed by atoms with Crippen LogP contribution in [0.25, 0.3) is 0 Å². The molecule has 37 heavy (non-hydrogen) atoms. The van der Waals surface area contributed by atoms with Crippen LogP contribution in [0.2, 0.25) is 0 Å². The topological polar surface area (TPSA) is 0 Å². The maximum absolute atomic E-state index is 2.48. The summed E-state index contributed by atoms with van der Waals surface area (Å²) in [6.07, 6.45) is 8.22. The van der Waals surface area contributed by atoms with Crippen LogP contribution in [0, 0.1) is 5.41 Å². The Kier molecular flexibility index (Phi) is 23.9. The first-order valence-corrected chi connectivity index (χ1v) is 15.2. The highest BCUT2D eigenvalue weighted by molar-refractivity contribution is 5.34. The number of hydrogen-bond donors (Lipinski definition) is 0. The van der Waals surface area contributed by atoms with Gasteiger partial charge in [0.1, 0.15) is 0 Å². The van der Waals surface area contributed by atoms with Gasteiger partial charge in [0.05, 0.1) is 0 Å². The van der Waals surface area contributed by atoms with Crippen LogP contribution in [0.1, 0.15) is 117 Å². The fourth-order valence-corrected chi connectivity index (χ4v) is 3.98. The van der Waals surface area contributed by atoms with Crippen molar-refractivity contribution >= 4 is 0 Å². The molecule has 0 N–H and O–H groups in total. The normalized spacial score (nSPS) is 9.70. The van der Waals surface area contributed by atoms with E-state index in [0.29, 0.717) is 5.41 Å². The molecule has 208 valence electrons. The second kappa shape index (κ2) is 24.0. The van der Waals surface area contributed by atoms with Crippen LogP contribution in [0.4, 0.5) is 0 Å². The zero-order valence-corrected chi connectivity index (χ0v) is 26.5. The average Bonchev–Trinajstić information content (AvgIpc) is 2.96. The highest BCUT2D eigenvalue weighted by Crippen LogP contribution is 2.24. The second-order valence-electron chi connectivity index (χ2n) is 9.49. The maximum Gasteiger partial charge on any atom is -0.0235 e. The molecule has 0 amide bonds. The Morgan fingerprint density at radius 1 is 0.432 bits per heavy atom. The van der Waals surface area contributed by atoms with Crippen LogP contribution in [-0.4, -0.2) is 0 Å². The lowest BCUT2D eigenvalue weighted by atomic mass is 9.87. The molecule has 0 saturated carbocycles. The van der Waals surface area contributed by atoms with E-state index in [0.717, 1.165) is 25.7 Å². The summed E-state index contributed by atoms with van der Waals surface area (Å²) in [5.74, 6) is 0. The van der Waals surface area contributed by atoms with Gasteiger partial charge in [0, 0.05) is 0 Å². The maximum atomic E-state index is 2.48. The van der Waals surface area contributed by atoms with E-state index in [2.05, 4.69) is 99.6 Å². The summed E-state index contributed by atoms with van der Waals surface area (Å²) in [7, 11) is 0. The van der Waals surface area contributed by atoms with Crippen LogP contribution in [-0.2, 0) is 32.1 Å². The van der Waals surface area contributed by atoms with Gasteiger partial charge in [-0.3, -0.25) is 0 Å². The Hall–Kier alpha value is -2.34. The minimum atomic E-state index is 0.416. The Bertz CT molecular complexity index is 854. The first kappa shape index (κ1) is 36.8. The third kappa shape index (κ3) is 17.7. The summed E-state index contributed by atoms with van der Waals surface area (Å²) in [4.78, 5) is 0. The second-order valence-corrected chi connectivity index (χ2v) is 9.49. The fourth-order valence-electron chi connectivity index (χ4n) is 3.98. The monoisotopic (exact) mass is 504 g/mol. The van der Waals surface area contributed by atoms with Crippen LogP contribution >= 0.6 is 0 Å². The van der Waals surface area contributed by atoms with Gasteiger partial charge in [-0.15, -0.1) is 0 Å². The van der Waals surface area contributed by atoms with E-state index in [1.54, 1.807) is 11.1 Å². The molecule has 0 bridgehead atoms. The number of aryl methyl sites for hydroxylation is 5. The van der Waals surface area contributed by atoms with Gasteiger partial charge in [-0.05, 0) is 78.2 Å². The van der Waals surface area contributed by atoms with Gasteiger partial charge >= 0.3 is 0 Å². The van der Waals surface area contributed by atoms with E-state index in [1.807, 2.05) is 55.4 Å². The van der Waals surface area contributed by atoms with Gasteiger partial charge in [-0.25, -0.2) is 0 Å². The van der Waals surface area contributed by atoms with Crippen molar-refractivity contribution in [1.82, 2.24) is 0 Å². The molecule has 0 heteroatoms. The highest BCUT2D eigenvalue weighted by atomic mass is 14.2. The van der Waals surface area contributed by atoms with Crippen molar-refractivity contribution in [3.05, 3.63) is 107 Å². The molecule has 3 aromatic rings. The first-order chi connectivity index (χ1) is 18.0. The highest BCUT2D eigenvalue weighted by Gasteiger charge is 2.11. The molecule has 0 fully saturated rings. The molecule has 0 aromatic heterocycles. The van der Waals surface area contributed by atoms with Gasteiger partial charge < -0.3 is 0 Å². The Morgan fingerprint density at radius 2 is 0.865 bits per heavy atom. The van der Waals surface area contributed by atoms with Gasteiger partial charge in [0.15, 0.2) is 0 Å². The third-order valence-corrected chi connectivity index (χ3v) is 5.71. The quantitative estimate of drug-likeness (QED) is 0.272. The summed E-state index contributed by atoms with van der Waals surface area (Å²) in [5, 5.41) is 0. The summed E-state index contributed by atoms with van der Waals surface area (Å²) in [5.41, 5.74) is 7.84. The lowest BCUT2D eigenvalue weighted by Gasteiger charge is -2.19. The van der Waals surface area contributed by atoms with Crippen molar-refractivity contribution in [2.45, 2.75) is 121 Å². The van der Waals surface area contributed by atoms with Gasteiger partial charge in [0.2, 0.25) is 0 Å². The van der Waals surface area contributed by atoms with Crippen molar-refractivity contribution in [1.29, 1.82) is 0 Å². The van der Waals surface area contributed by atoms with E-state index in [4.69, 9.17) is 0 Å². The smallest absolute Gasteiger partial charge is 0.0235 e. The predicted molar refractivity (Wildman–Crippen MR) is 172 cm³/mol. The third-order valence-electron chi connectivity index (χ3n) is 5.71. The molecule has 0 unspecified atom stereocenters. The van der Waals surface area contributed by atoms with Gasteiger partial charge in [-0.2, -0.15) is 0 Å². The molecule has 0 aliphatic carbocycles. The van der Waals surface area contributed by atoms with Crippen LogP contribution in [0.15, 0.2) is 78.9 Å². The summed E-state index contributed by atoms with van der Waals surface area (Å²) in [6.45, 7) is 23.0. The zero-order chi connectivity index (χ0) is 28.5. The largest absolute Gasteiger partial charge is 0.0683 e. The zero-order valence-electron chi connectivity index (χ0n) is 26.5. The molecule has 0 aliphatic rings. The average molecular weight is 505 g/mol. The van der Waals surface area contributed by atoms with E-state index in [9.17, 15) is 0 Å². The fraction of sp³-hybridized carbons (Fsp3) is 0.514. The van der Waals surface area contributed by atoms with Crippen LogP contribution in [0.3, 0.4) is 0 Å². The van der Waals surface area contributed by atoms with E-state index < -0.39 is 0 Å². The standard InChI is InChI=1S/C29H36.4C2H6/c1-29(2,3)22-10-15-27-20-19-26(17-16-24-11-6-4-7-12-24)23-28(27)21-18-25-13-8-5-9-14-25;4*1-2/h4-9,11-14,19-20,23H,10,15-18,21-22H2,1-3H3;4*1-2H3. The molecule has 0 saturated heterocycles. The van der Waals surface area contributed by atoms with Crippen molar-refractivity contribution < 1.29 is 0 Å². The molecule has 0 aliphatic heterocycles. The van der Waals surface area contributed by atoms with Crippen molar-refractivity contribution in [2.75, 3.05) is 0 Å². The predicted octanol–water partition coefficient (Wildman–Crippen LogP) is 11.7. The lowest BCUT2D eigenvalue weighted by molar-refractivity contribution is 0.365. The molecule has 0 nitrogen and oxygen atoms in total. The van der Waals surface area contributed by atoms with E-state index in [1.165, 1.54) is 36.0 Å².